The summed E-state index contributed by atoms with van der Waals surface area (Å²) in [5.41, 5.74) is -2.47. The molecule has 108 valence electrons. The van der Waals surface area contributed by atoms with E-state index in [1.165, 1.54) is 0 Å². The van der Waals surface area contributed by atoms with Crippen LogP contribution in [-0.2, 0) is 9.47 Å². The highest BCUT2D eigenvalue weighted by Gasteiger charge is 2.83. The Hall–Kier alpha value is -1.92. The minimum absolute atomic E-state index is 0.0166. The molecule has 0 aromatic rings. The Morgan fingerprint density at radius 1 is 1.33 bits per heavy atom. The van der Waals surface area contributed by atoms with Gasteiger partial charge in [-0.25, -0.2) is 0 Å². The minimum atomic E-state index is -1.25. The summed E-state index contributed by atoms with van der Waals surface area (Å²) in [5.74, 6) is -0.923. The molecule has 3 saturated heterocycles. The average molecular weight is 284 g/mol. The summed E-state index contributed by atoms with van der Waals surface area (Å²) in [7, 11) is 0. The summed E-state index contributed by atoms with van der Waals surface area (Å²) in [6.45, 7) is 1.94. The van der Waals surface area contributed by atoms with Crippen LogP contribution in [0.15, 0.2) is 4.99 Å². The monoisotopic (exact) mass is 284 g/mol. The molecule has 1 spiro atoms. The molecule has 1 aliphatic carbocycles. The molecule has 21 heavy (non-hydrogen) atoms. The molecule has 4 bridgehead atoms. The van der Waals surface area contributed by atoms with E-state index >= 15 is 0 Å². The lowest BCUT2D eigenvalue weighted by molar-refractivity contribution is -0.352. The lowest BCUT2D eigenvalue weighted by Crippen LogP contribution is -2.75. The Balaban J connectivity index is 2.04. The summed E-state index contributed by atoms with van der Waals surface area (Å²) in [4.78, 5) is 4.19. The zero-order chi connectivity index (χ0) is 14.9. The van der Waals surface area contributed by atoms with Crippen molar-refractivity contribution in [3.63, 3.8) is 0 Å². The third-order valence-corrected chi connectivity index (χ3v) is 5.69. The smallest absolute Gasteiger partial charge is 0.218 e. The molecule has 4 aliphatic heterocycles. The molecule has 4 heterocycles. The highest BCUT2D eigenvalue weighted by molar-refractivity contribution is 6.12. The van der Waals surface area contributed by atoms with Gasteiger partial charge in [-0.15, -0.1) is 0 Å². The van der Waals surface area contributed by atoms with E-state index in [0.717, 1.165) is 19.3 Å². The van der Waals surface area contributed by atoms with E-state index in [1.54, 1.807) is 0 Å². The fraction of sp³-hybridized carbons (Fsp3) is 0.733. The van der Waals surface area contributed by atoms with Gasteiger partial charge in [-0.1, -0.05) is 13.3 Å². The Labute approximate surface area is 122 Å². The van der Waals surface area contributed by atoms with Crippen LogP contribution in [0, 0.1) is 44.8 Å². The molecule has 0 radical (unpaired) electrons. The lowest BCUT2D eigenvalue weighted by atomic mass is 9.49. The van der Waals surface area contributed by atoms with Crippen LogP contribution in [0.25, 0.3) is 0 Å². The average Bonchev–Trinajstić information content (AvgIpc) is 2.71. The summed E-state index contributed by atoms with van der Waals surface area (Å²) < 4.78 is 12.2. The molecule has 0 aromatic heterocycles. The first kappa shape index (κ1) is 12.8. The molecular formula is C15H16N4O2. The topological polar surface area (TPSA) is 102 Å². The van der Waals surface area contributed by atoms with Crippen LogP contribution in [0.4, 0.5) is 0 Å². The number of ether oxygens (including phenoxy) is 2. The molecule has 0 unspecified atom stereocenters. The molecule has 5 rings (SSSR count). The SMILES string of the molecule is CC[C@H]1O[C@@]23CCCC[C@H]2[C@@]2(C#N)C(=N)N=C(O3)[C@@]12C#N. The van der Waals surface area contributed by atoms with Crippen LogP contribution in [0.3, 0.4) is 0 Å². The van der Waals surface area contributed by atoms with E-state index in [9.17, 15) is 10.5 Å². The Morgan fingerprint density at radius 2 is 2.10 bits per heavy atom. The van der Waals surface area contributed by atoms with Crippen molar-refractivity contribution in [1.82, 2.24) is 0 Å². The quantitative estimate of drug-likeness (QED) is 0.796. The first-order chi connectivity index (χ1) is 10.1. The number of nitriles is 2. The molecule has 5 aliphatic rings. The molecule has 4 fully saturated rings. The van der Waals surface area contributed by atoms with Crippen molar-refractivity contribution in [2.45, 2.75) is 50.9 Å². The standard InChI is InChI=1S/C15H16N4O2/c1-2-10-14(8-17)12-19-11(18)13(14,7-16)9-5-3-4-6-15(9,20-10)21-12/h9-10,18H,2-6H2,1H3/t9-,10+,13-,14+,15+/m0/s1. The normalized spacial score (nSPS) is 49.7. The number of nitrogens with zero attached hydrogens (tertiary/aromatic N) is 3. The van der Waals surface area contributed by atoms with Gasteiger partial charge < -0.3 is 9.47 Å². The Morgan fingerprint density at radius 3 is 2.76 bits per heavy atom. The second-order valence-corrected chi connectivity index (χ2v) is 6.33. The van der Waals surface area contributed by atoms with Gasteiger partial charge in [0.05, 0.1) is 24.2 Å². The van der Waals surface area contributed by atoms with Gasteiger partial charge in [-0.2, -0.15) is 15.5 Å². The number of amidine groups is 1. The summed E-state index contributed by atoms with van der Waals surface area (Å²) in [5, 5.41) is 28.2. The van der Waals surface area contributed by atoms with E-state index in [1.807, 2.05) is 6.92 Å². The molecular weight excluding hydrogens is 268 g/mol. The van der Waals surface area contributed by atoms with Crippen molar-refractivity contribution in [3.8, 4) is 12.1 Å². The van der Waals surface area contributed by atoms with Gasteiger partial charge in [-0.3, -0.25) is 5.41 Å². The Bertz CT molecular complexity index is 660. The minimum Gasteiger partial charge on any atom is -0.447 e. The largest absolute Gasteiger partial charge is 0.447 e. The maximum atomic E-state index is 9.98. The van der Waals surface area contributed by atoms with E-state index in [2.05, 4.69) is 17.1 Å². The van der Waals surface area contributed by atoms with Crippen molar-refractivity contribution in [2.24, 2.45) is 21.7 Å². The van der Waals surface area contributed by atoms with Crippen molar-refractivity contribution >= 4 is 11.7 Å². The fourth-order valence-electron chi connectivity index (χ4n) is 4.83. The van der Waals surface area contributed by atoms with Gasteiger partial charge in [0.15, 0.2) is 10.8 Å². The molecule has 6 nitrogen and oxygen atoms in total. The molecule has 0 aromatic carbocycles. The fourth-order valence-corrected chi connectivity index (χ4v) is 4.83. The zero-order valence-electron chi connectivity index (χ0n) is 11.8. The Kier molecular flexibility index (Phi) is 2.22. The summed E-state index contributed by atoms with van der Waals surface area (Å²) >= 11 is 0. The van der Waals surface area contributed by atoms with Gasteiger partial charge in [-0.05, 0) is 19.3 Å². The third kappa shape index (κ3) is 1.04. The lowest BCUT2D eigenvalue weighted by Gasteiger charge is -2.63. The first-order valence-electron chi connectivity index (χ1n) is 7.49. The van der Waals surface area contributed by atoms with Gasteiger partial charge >= 0.3 is 0 Å². The maximum absolute atomic E-state index is 9.98. The van der Waals surface area contributed by atoms with E-state index in [0.29, 0.717) is 12.8 Å². The molecule has 0 amide bonds. The van der Waals surface area contributed by atoms with Crippen LogP contribution in [0.1, 0.15) is 39.0 Å². The summed E-state index contributed by atoms with van der Waals surface area (Å²) in [6.07, 6.45) is 3.52. The number of rotatable bonds is 1. The predicted octanol–water partition coefficient (Wildman–Crippen LogP) is 2.12. The van der Waals surface area contributed by atoms with Crippen molar-refractivity contribution < 1.29 is 9.47 Å². The third-order valence-electron chi connectivity index (χ3n) is 5.69. The number of nitrogens with one attached hydrogen (secondary N) is 1. The highest BCUT2D eigenvalue weighted by atomic mass is 16.7. The number of aliphatic imine (C=N–C) groups is 1. The zero-order valence-corrected chi connectivity index (χ0v) is 11.8. The van der Waals surface area contributed by atoms with Crippen molar-refractivity contribution in [3.05, 3.63) is 0 Å². The molecule has 1 N–H and O–H groups in total. The second-order valence-electron chi connectivity index (χ2n) is 6.33. The van der Waals surface area contributed by atoms with E-state index in [4.69, 9.17) is 14.9 Å². The molecule has 1 saturated carbocycles. The molecule has 6 heteroatoms. The summed E-state index contributed by atoms with van der Waals surface area (Å²) in [6, 6.07) is 4.59. The maximum Gasteiger partial charge on any atom is 0.218 e. The molecule has 5 atom stereocenters. The highest BCUT2D eigenvalue weighted by Crippen LogP contribution is 2.69. The van der Waals surface area contributed by atoms with Crippen molar-refractivity contribution in [1.29, 1.82) is 15.9 Å². The van der Waals surface area contributed by atoms with Crippen LogP contribution in [-0.4, -0.2) is 23.6 Å². The van der Waals surface area contributed by atoms with Crippen LogP contribution < -0.4 is 0 Å². The first-order valence-corrected chi connectivity index (χ1v) is 7.49. The van der Waals surface area contributed by atoms with Crippen LogP contribution >= 0.6 is 0 Å². The van der Waals surface area contributed by atoms with Gasteiger partial charge in [0.1, 0.15) is 5.84 Å². The number of hydrogen-bond acceptors (Lipinski definition) is 5. The van der Waals surface area contributed by atoms with Gasteiger partial charge in [0.2, 0.25) is 11.7 Å². The van der Waals surface area contributed by atoms with Crippen molar-refractivity contribution in [2.75, 3.05) is 0 Å². The van der Waals surface area contributed by atoms with E-state index in [-0.39, 0.29) is 17.7 Å². The predicted molar refractivity (Wildman–Crippen MR) is 72.2 cm³/mol. The number of hydrogen-bond donors (Lipinski definition) is 1. The van der Waals surface area contributed by atoms with Crippen LogP contribution in [0.2, 0.25) is 0 Å². The second kappa shape index (κ2) is 3.64. The van der Waals surface area contributed by atoms with Gasteiger partial charge in [0, 0.05) is 6.42 Å². The number of fused-ring (bicyclic) bond motifs is 1. The van der Waals surface area contributed by atoms with Crippen LogP contribution in [0.5, 0.6) is 0 Å². The van der Waals surface area contributed by atoms with Gasteiger partial charge in [0.25, 0.3) is 0 Å². The van der Waals surface area contributed by atoms with E-state index < -0.39 is 22.7 Å².